The molecule has 1 aromatic heterocycles. The number of carbonyl (C=O) groups is 1. The highest BCUT2D eigenvalue weighted by molar-refractivity contribution is 5.83. The molecule has 0 spiro atoms. The molecular formula is C17H24N4O. The van der Waals surface area contributed by atoms with E-state index in [4.69, 9.17) is 4.98 Å². The molecule has 0 saturated carbocycles. The van der Waals surface area contributed by atoms with Gasteiger partial charge in [0.2, 0.25) is 5.91 Å². The third kappa shape index (κ3) is 2.50. The molecule has 0 radical (unpaired) electrons. The number of benzene rings is 1. The molecule has 5 heteroatoms. The Hall–Kier alpha value is -1.88. The number of hydrogen-bond donors (Lipinski definition) is 1. The number of carbonyl (C=O) groups excluding carboxylic acids is 1. The van der Waals surface area contributed by atoms with Crippen molar-refractivity contribution in [3.05, 3.63) is 30.1 Å². The highest BCUT2D eigenvalue weighted by Gasteiger charge is 2.31. The van der Waals surface area contributed by atoms with E-state index < -0.39 is 0 Å². The van der Waals surface area contributed by atoms with E-state index in [1.807, 2.05) is 25.2 Å². The van der Waals surface area contributed by atoms with Gasteiger partial charge in [-0.15, -0.1) is 0 Å². The van der Waals surface area contributed by atoms with Gasteiger partial charge in [0.05, 0.1) is 23.1 Å². The number of hydrogen-bond acceptors (Lipinski definition) is 3. The standard InChI is InChI=1S/C17H24N4O/c1-11(2)21-15-8-6-5-7-13(15)19-16(21)12(3)18-14-9-10-20(4)17(14)22/h5-8,11-12,14,18H,9-10H2,1-4H3/t12-,14+/m0/s1. The molecule has 22 heavy (non-hydrogen) atoms. The van der Waals surface area contributed by atoms with Crippen molar-refractivity contribution in [2.45, 2.75) is 45.3 Å². The van der Waals surface area contributed by atoms with Crippen molar-refractivity contribution in [3.8, 4) is 0 Å². The molecule has 2 heterocycles. The topological polar surface area (TPSA) is 50.2 Å². The fraction of sp³-hybridized carbons (Fsp3) is 0.529. The largest absolute Gasteiger partial charge is 0.344 e. The van der Waals surface area contributed by atoms with Gasteiger partial charge in [-0.05, 0) is 39.3 Å². The zero-order chi connectivity index (χ0) is 15.9. The molecule has 0 aliphatic carbocycles. The highest BCUT2D eigenvalue weighted by atomic mass is 16.2. The monoisotopic (exact) mass is 300 g/mol. The molecule has 1 amide bonds. The zero-order valence-electron chi connectivity index (χ0n) is 13.7. The second-order valence-corrected chi connectivity index (χ2v) is 6.41. The average molecular weight is 300 g/mol. The third-order valence-electron chi connectivity index (χ3n) is 4.41. The van der Waals surface area contributed by atoms with Crippen LogP contribution in [0.4, 0.5) is 0 Å². The van der Waals surface area contributed by atoms with Crippen molar-refractivity contribution in [1.82, 2.24) is 19.8 Å². The second kappa shape index (κ2) is 5.72. The molecule has 0 bridgehead atoms. The maximum Gasteiger partial charge on any atom is 0.239 e. The van der Waals surface area contributed by atoms with Gasteiger partial charge in [0.25, 0.3) is 0 Å². The number of imidazole rings is 1. The molecule has 2 aromatic rings. The predicted octanol–water partition coefficient (Wildman–Crippen LogP) is 2.50. The van der Waals surface area contributed by atoms with Crippen LogP contribution in [0.15, 0.2) is 24.3 Å². The fourth-order valence-corrected chi connectivity index (χ4v) is 3.26. The first-order valence-electron chi connectivity index (χ1n) is 7.97. The summed E-state index contributed by atoms with van der Waals surface area (Å²) in [5.74, 6) is 1.18. The van der Waals surface area contributed by atoms with E-state index in [1.54, 1.807) is 4.90 Å². The Morgan fingerprint density at radius 2 is 2.00 bits per heavy atom. The molecule has 1 N–H and O–H groups in total. The Labute approximate surface area is 131 Å². The smallest absolute Gasteiger partial charge is 0.239 e. The maximum absolute atomic E-state index is 12.1. The first-order chi connectivity index (χ1) is 10.5. The lowest BCUT2D eigenvalue weighted by atomic mass is 10.2. The van der Waals surface area contributed by atoms with Crippen molar-refractivity contribution in [3.63, 3.8) is 0 Å². The van der Waals surface area contributed by atoms with Crippen molar-refractivity contribution in [2.75, 3.05) is 13.6 Å². The Morgan fingerprint density at radius 1 is 1.27 bits per heavy atom. The van der Waals surface area contributed by atoms with Gasteiger partial charge in [-0.1, -0.05) is 12.1 Å². The van der Waals surface area contributed by atoms with Crippen molar-refractivity contribution < 1.29 is 4.79 Å². The minimum absolute atomic E-state index is 0.0373. The van der Waals surface area contributed by atoms with Crippen LogP contribution in [0.2, 0.25) is 0 Å². The number of nitrogens with zero attached hydrogens (tertiary/aromatic N) is 3. The van der Waals surface area contributed by atoms with Crippen LogP contribution < -0.4 is 5.32 Å². The van der Waals surface area contributed by atoms with E-state index in [9.17, 15) is 4.79 Å². The quantitative estimate of drug-likeness (QED) is 0.944. The number of likely N-dealkylation sites (N-methyl/N-ethyl adjacent to an activating group) is 1. The summed E-state index contributed by atoms with van der Waals surface area (Å²) in [6.45, 7) is 7.24. The van der Waals surface area contributed by atoms with Gasteiger partial charge in [-0.2, -0.15) is 0 Å². The molecule has 0 unspecified atom stereocenters. The van der Waals surface area contributed by atoms with E-state index in [-0.39, 0.29) is 18.0 Å². The van der Waals surface area contributed by atoms with Crippen LogP contribution in [-0.2, 0) is 4.79 Å². The lowest BCUT2D eigenvalue weighted by molar-refractivity contribution is -0.128. The molecule has 5 nitrogen and oxygen atoms in total. The van der Waals surface area contributed by atoms with E-state index in [0.717, 1.165) is 29.8 Å². The first-order valence-corrected chi connectivity index (χ1v) is 7.97. The molecule has 1 aliphatic heterocycles. The third-order valence-corrected chi connectivity index (χ3v) is 4.41. The van der Waals surface area contributed by atoms with Crippen LogP contribution in [0.1, 0.15) is 45.1 Å². The molecule has 1 aliphatic rings. The number of nitrogens with one attached hydrogen (secondary N) is 1. The van der Waals surface area contributed by atoms with E-state index >= 15 is 0 Å². The minimum Gasteiger partial charge on any atom is -0.344 e. The van der Waals surface area contributed by atoms with Crippen LogP contribution in [0.3, 0.4) is 0 Å². The van der Waals surface area contributed by atoms with Crippen molar-refractivity contribution in [1.29, 1.82) is 0 Å². The first kappa shape index (κ1) is 15.0. The molecule has 1 fully saturated rings. The number of para-hydroxylation sites is 2. The van der Waals surface area contributed by atoms with Crippen LogP contribution in [-0.4, -0.2) is 40.0 Å². The lowest BCUT2D eigenvalue weighted by Gasteiger charge is -2.21. The molecule has 3 rings (SSSR count). The van der Waals surface area contributed by atoms with Gasteiger partial charge in [-0.25, -0.2) is 4.98 Å². The highest BCUT2D eigenvalue weighted by Crippen LogP contribution is 2.25. The van der Waals surface area contributed by atoms with Gasteiger partial charge < -0.3 is 9.47 Å². The predicted molar refractivity (Wildman–Crippen MR) is 87.7 cm³/mol. The SMILES string of the molecule is CC(C)n1c([C@H](C)N[C@@H]2CCN(C)C2=O)nc2ccccc21. The Bertz CT molecular complexity index is 691. The summed E-state index contributed by atoms with van der Waals surface area (Å²) in [5, 5.41) is 3.46. The van der Waals surface area contributed by atoms with Gasteiger partial charge >= 0.3 is 0 Å². The van der Waals surface area contributed by atoms with Crippen LogP contribution in [0.25, 0.3) is 11.0 Å². The van der Waals surface area contributed by atoms with E-state index in [0.29, 0.717) is 6.04 Å². The van der Waals surface area contributed by atoms with Gasteiger partial charge in [-0.3, -0.25) is 10.1 Å². The summed E-state index contributed by atoms with van der Waals surface area (Å²) in [4.78, 5) is 18.7. The number of likely N-dealkylation sites (tertiary alicyclic amines) is 1. The summed E-state index contributed by atoms with van der Waals surface area (Å²) in [7, 11) is 1.86. The van der Waals surface area contributed by atoms with Gasteiger partial charge in [0.15, 0.2) is 0 Å². The lowest BCUT2D eigenvalue weighted by Crippen LogP contribution is -2.39. The molecule has 2 atom stereocenters. The number of fused-ring (bicyclic) bond motifs is 1. The van der Waals surface area contributed by atoms with E-state index in [2.05, 4.69) is 36.7 Å². The second-order valence-electron chi connectivity index (χ2n) is 6.41. The molecule has 118 valence electrons. The summed E-state index contributed by atoms with van der Waals surface area (Å²) < 4.78 is 2.26. The van der Waals surface area contributed by atoms with Gasteiger partial charge in [0.1, 0.15) is 5.82 Å². The zero-order valence-corrected chi connectivity index (χ0v) is 13.7. The molecule has 1 saturated heterocycles. The summed E-state index contributed by atoms with van der Waals surface area (Å²) >= 11 is 0. The Balaban J connectivity index is 1.92. The van der Waals surface area contributed by atoms with Crippen molar-refractivity contribution in [2.24, 2.45) is 0 Å². The fourth-order valence-electron chi connectivity index (χ4n) is 3.26. The van der Waals surface area contributed by atoms with E-state index in [1.165, 1.54) is 0 Å². The Morgan fingerprint density at radius 3 is 2.64 bits per heavy atom. The summed E-state index contributed by atoms with van der Waals surface area (Å²) in [6.07, 6.45) is 0.863. The molecular weight excluding hydrogens is 276 g/mol. The van der Waals surface area contributed by atoms with Crippen LogP contribution >= 0.6 is 0 Å². The summed E-state index contributed by atoms with van der Waals surface area (Å²) in [6, 6.07) is 8.47. The summed E-state index contributed by atoms with van der Waals surface area (Å²) in [5.41, 5.74) is 2.16. The van der Waals surface area contributed by atoms with Crippen molar-refractivity contribution >= 4 is 16.9 Å². The van der Waals surface area contributed by atoms with Crippen LogP contribution in [0.5, 0.6) is 0 Å². The molecule has 1 aromatic carbocycles. The van der Waals surface area contributed by atoms with Gasteiger partial charge in [0, 0.05) is 19.6 Å². The number of amides is 1. The minimum atomic E-state index is -0.0968. The van der Waals surface area contributed by atoms with Crippen LogP contribution in [0, 0.1) is 0 Å². The normalized spacial score (nSPS) is 20.3. The number of aromatic nitrogens is 2. The Kier molecular flexibility index (Phi) is 3.91. The maximum atomic E-state index is 12.1. The number of rotatable bonds is 4. The average Bonchev–Trinajstić information content (AvgIpc) is 3.02.